The molecule has 0 unspecified atom stereocenters. The Bertz CT molecular complexity index is 178. The molecule has 0 atom stereocenters. The smallest absolute Gasteiger partial charge is 0.248 e. The number of amides is 1. The van der Waals surface area contributed by atoms with E-state index in [1.54, 1.807) is 0 Å². The topological polar surface area (TPSA) is 61.6 Å². The van der Waals surface area contributed by atoms with Crippen LogP contribution in [0.3, 0.4) is 0 Å². The zero-order valence-corrected chi connectivity index (χ0v) is 8.83. The van der Waals surface area contributed by atoms with E-state index >= 15 is 0 Å². The minimum atomic E-state index is -0.103. The molecule has 3 N–H and O–H groups in total. The number of rotatable bonds is 4. The molecule has 1 fully saturated rings. The summed E-state index contributed by atoms with van der Waals surface area (Å²) >= 11 is 0. The summed E-state index contributed by atoms with van der Waals surface area (Å²) in [5, 5.41) is 0. The van der Waals surface area contributed by atoms with Crippen molar-refractivity contribution in [3.63, 3.8) is 0 Å². The third kappa shape index (κ3) is 3.61. The number of nitrogens with one attached hydrogen (secondary N) is 1. The number of carbonyl (C=O) groups is 1. The van der Waals surface area contributed by atoms with Crippen molar-refractivity contribution in [1.82, 2.24) is 15.2 Å². The fraction of sp³-hybridized carbons (Fsp3) is 0.889. The van der Waals surface area contributed by atoms with E-state index in [-0.39, 0.29) is 5.91 Å². The number of hydrogen-bond donors (Lipinski definition) is 2. The summed E-state index contributed by atoms with van der Waals surface area (Å²) in [7, 11) is 0. The Labute approximate surface area is 85.2 Å². The molecule has 0 aromatic heterocycles. The van der Waals surface area contributed by atoms with Gasteiger partial charge in [0.05, 0.1) is 6.54 Å². The molecule has 82 valence electrons. The zero-order valence-electron chi connectivity index (χ0n) is 8.83. The van der Waals surface area contributed by atoms with Crippen molar-refractivity contribution in [2.75, 3.05) is 39.3 Å². The number of hydrazine groups is 1. The Hall–Kier alpha value is -0.650. The third-order valence-electron chi connectivity index (χ3n) is 2.53. The van der Waals surface area contributed by atoms with Gasteiger partial charge in [0.1, 0.15) is 0 Å². The lowest BCUT2D eigenvalue weighted by atomic mass is 10.3. The van der Waals surface area contributed by atoms with Gasteiger partial charge < -0.3 is 4.90 Å². The highest BCUT2D eigenvalue weighted by Crippen LogP contribution is 2.01. The van der Waals surface area contributed by atoms with Crippen molar-refractivity contribution >= 4 is 5.91 Å². The van der Waals surface area contributed by atoms with Crippen LogP contribution < -0.4 is 11.3 Å². The van der Waals surface area contributed by atoms with Crippen LogP contribution in [0.15, 0.2) is 0 Å². The highest BCUT2D eigenvalue weighted by Gasteiger charge is 2.17. The molecule has 0 spiro atoms. The molecule has 1 aliphatic rings. The molecular formula is C9H20N4O. The molecule has 5 heteroatoms. The second-order valence-corrected chi connectivity index (χ2v) is 3.69. The lowest BCUT2D eigenvalue weighted by Gasteiger charge is -2.33. The van der Waals surface area contributed by atoms with Gasteiger partial charge in [-0.1, -0.05) is 6.92 Å². The summed E-state index contributed by atoms with van der Waals surface area (Å²) in [6, 6.07) is 0. The van der Waals surface area contributed by atoms with Gasteiger partial charge in [-0.05, 0) is 13.0 Å². The molecule has 1 heterocycles. The van der Waals surface area contributed by atoms with E-state index in [0.717, 1.165) is 32.7 Å². The first-order chi connectivity index (χ1) is 6.76. The van der Waals surface area contributed by atoms with E-state index in [2.05, 4.69) is 22.1 Å². The maximum atomic E-state index is 11.0. The molecule has 1 rings (SSSR count). The lowest BCUT2D eigenvalue weighted by molar-refractivity contribution is -0.122. The largest absolute Gasteiger partial charge is 0.301 e. The van der Waals surface area contributed by atoms with E-state index in [9.17, 15) is 4.79 Å². The normalized spacial score (nSPS) is 19.6. The minimum absolute atomic E-state index is 0.103. The van der Waals surface area contributed by atoms with Crippen LogP contribution in [0, 0.1) is 0 Å². The quantitative estimate of drug-likeness (QED) is 0.347. The number of carbonyl (C=O) groups excluding carboxylic acids is 1. The van der Waals surface area contributed by atoms with Crippen LogP contribution >= 0.6 is 0 Å². The summed E-state index contributed by atoms with van der Waals surface area (Å²) in [5.41, 5.74) is 2.15. The van der Waals surface area contributed by atoms with Crippen molar-refractivity contribution < 1.29 is 4.79 Å². The fourth-order valence-electron chi connectivity index (χ4n) is 1.74. The van der Waals surface area contributed by atoms with E-state index in [4.69, 9.17) is 5.84 Å². The first-order valence-electron chi connectivity index (χ1n) is 5.20. The maximum Gasteiger partial charge on any atom is 0.248 e. The predicted octanol–water partition coefficient (Wildman–Crippen LogP) is -0.996. The van der Waals surface area contributed by atoms with Crippen LogP contribution in [0.25, 0.3) is 0 Å². The Kier molecular flexibility index (Phi) is 4.86. The molecule has 0 aromatic rings. The van der Waals surface area contributed by atoms with Crippen molar-refractivity contribution in [1.29, 1.82) is 0 Å². The van der Waals surface area contributed by atoms with Gasteiger partial charge in [-0.3, -0.25) is 15.1 Å². The second-order valence-electron chi connectivity index (χ2n) is 3.69. The number of piperazine rings is 1. The molecule has 14 heavy (non-hydrogen) atoms. The van der Waals surface area contributed by atoms with Crippen molar-refractivity contribution in [3.8, 4) is 0 Å². The molecule has 0 aliphatic carbocycles. The maximum absolute atomic E-state index is 11.0. The van der Waals surface area contributed by atoms with E-state index in [0.29, 0.717) is 6.54 Å². The molecule has 1 amide bonds. The van der Waals surface area contributed by atoms with Crippen molar-refractivity contribution in [3.05, 3.63) is 0 Å². The van der Waals surface area contributed by atoms with Crippen LogP contribution in [0.4, 0.5) is 0 Å². The first-order valence-corrected chi connectivity index (χ1v) is 5.20. The van der Waals surface area contributed by atoms with Gasteiger partial charge in [-0.25, -0.2) is 5.84 Å². The van der Waals surface area contributed by atoms with Crippen LogP contribution in [-0.2, 0) is 4.79 Å². The van der Waals surface area contributed by atoms with Gasteiger partial charge in [-0.2, -0.15) is 0 Å². The van der Waals surface area contributed by atoms with E-state index in [1.165, 1.54) is 6.42 Å². The first kappa shape index (κ1) is 11.4. The van der Waals surface area contributed by atoms with Crippen LogP contribution in [0.2, 0.25) is 0 Å². The van der Waals surface area contributed by atoms with E-state index in [1.807, 2.05) is 0 Å². The van der Waals surface area contributed by atoms with Crippen molar-refractivity contribution in [2.24, 2.45) is 5.84 Å². The van der Waals surface area contributed by atoms with Crippen LogP contribution in [0.5, 0.6) is 0 Å². The standard InChI is InChI=1S/C9H20N4O/c1-2-3-12-4-6-13(7-5-12)8-9(14)11-10/h2-8,10H2,1H3,(H,11,14). The highest BCUT2D eigenvalue weighted by atomic mass is 16.2. The Balaban J connectivity index is 2.18. The summed E-state index contributed by atoms with van der Waals surface area (Å²) in [6.07, 6.45) is 1.20. The molecule has 0 radical (unpaired) electrons. The molecule has 1 saturated heterocycles. The van der Waals surface area contributed by atoms with E-state index < -0.39 is 0 Å². The average molecular weight is 200 g/mol. The van der Waals surface area contributed by atoms with Crippen molar-refractivity contribution in [2.45, 2.75) is 13.3 Å². The Morgan fingerprint density at radius 3 is 2.36 bits per heavy atom. The predicted molar refractivity (Wildman–Crippen MR) is 55.5 cm³/mol. The molecular weight excluding hydrogens is 180 g/mol. The zero-order chi connectivity index (χ0) is 10.4. The lowest BCUT2D eigenvalue weighted by Crippen LogP contribution is -2.50. The second kappa shape index (κ2) is 5.95. The van der Waals surface area contributed by atoms with Gasteiger partial charge in [-0.15, -0.1) is 0 Å². The van der Waals surface area contributed by atoms with Gasteiger partial charge >= 0.3 is 0 Å². The number of nitrogens with two attached hydrogens (primary N) is 1. The SMILES string of the molecule is CCCN1CCN(CC(=O)NN)CC1. The van der Waals surface area contributed by atoms with Crippen LogP contribution in [0.1, 0.15) is 13.3 Å². The van der Waals surface area contributed by atoms with Crippen LogP contribution in [-0.4, -0.2) is 55.0 Å². The molecule has 0 aromatic carbocycles. The molecule has 5 nitrogen and oxygen atoms in total. The molecule has 1 aliphatic heterocycles. The summed E-state index contributed by atoms with van der Waals surface area (Å²) in [6.45, 7) is 7.83. The third-order valence-corrected chi connectivity index (χ3v) is 2.53. The molecule has 0 saturated carbocycles. The van der Waals surface area contributed by atoms with Gasteiger partial charge in [0.2, 0.25) is 5.91 Å². The Morgan fingerprint density at radius 2 is 1.86 bits per heavy atom. The summed E-state index contributed by atoms with van der Waals surface area (Å²) < 4.78 is 0. The van der Waals surface area contributed by atoms with Gasteiger partial charge in [0.15, 0.2) is 0 Å². The summed E-state index contributed by atoms with van der Waals surface area (Å²) in [4.78, 5) is 15.6. The number of hydrogen-bond acceptors (Lipinski definition) is 4. The monoisotopic (exact) mass is 200 g/mol. The number of nitrogens with zero attached hydrogens (tertiary/aromatic N) is 2. The Morgan fingerprint density at radius 1 is 1.29 bits per heavy atom. The molecule has 0 bridgehead atoms. The highest BCUT2D eigenvalue weighted by molar-refractivity contribution is 5.77. The van der Waals surface area contributed by atoms with Gasteiger partial charge in [0, 0.05) is 26.2 Å². The fourth-order valence-corrected chi connectivity index (χ4v) is 1.74. The average Bonchev–Trinajstić information content (AvgIpc) is 2.21. The summed E-state index contributed by atoms with van der Waals surface area (Å²) in [5.74, 6) is 4.92. The van der Waals surface area contributed by atoms with Gasteiger partial charge in [0.25, 0.3) is 0 Å². The minimum Gasteiger partial charge on any atom is -0.301 e.